The standard InChI is InChI=1S/C9H7ClFN3O2S/c10-7-6(11)8(15)14(9(16)13-7)3-1-5-12-2-4-17-5/h2,4H,1,3H2,(H,13,16). The summed E-state index contributed by atoms with van der Waals surface area (Å²) in [6.07, 6.45) is 2.01. The van der Waals surface area contributed by atoms with Crippen molar-refractivity contribution < 1.29 is 4.39 Å². The Balaban J connectivity index is 2.31. The highest BCUT2D eigenvalue weighted by Gasteiger charge is 2.12. The van der Waals surface area contributed by atoms with Gasteiger partial charge in [0.2, 0.25) is 5.82 Å². The lowest BCUT2D eigenvalue weighted by atomic mass is 10.4. The second kappa shape index (κ2) is 4.80. The number of aromatic nitrogens is 3. The molecule has 0 saturated carbocycles. The van der Waals surface area contributed by atoms with Gasteiger partial charge in [-0.15, -0.1) is 11.3 Å². The minimum absolute atomic E-state index is 0.0652. The molecule has 1 N–H and O–H groups in total. The Morgan fingerprint density at radius 3 is 2.94 bits per heavy atom. The number of hydrogen-bond donors (Lipinski definition) is 1. The van der Waals surface area contributed by atoms with Crippen LogP contribution in [0.2, 0.25) is 5.15 Å². The number of rotatable bonds is 3. The van der Waals surface area contributed by atoms with Crippen LogP contribution >= 0.6 is 22.9 Å². The largest absolute Gasteiger partial charge is 0.329 e. The predicted octanol–water partition coefficient (Wildman–Crippen LogP) is 1.03. The second-order valence-electron chi connectivity index (χ2n) is 3.19. The van der Waals surface area contributed by atoms with Gasteiger partial charge in [0.25, 0.3) is 5.56 Å². The first-order chi connectivity index (χ1) is 8.09. The molecule has 0 unspecified atom stereocenters. The molecule has 0 aliphatic carbocycles. The highest BCUT2D eigenvalue weighted by Crippen LogP contribution is 2.06. The van der Waals surface area contributed by atoms with Crippen LogP contribution < -0.4 is 11.2 Å². The minimum Gasteiger partial charge on any atom is -0.295 e. The van der Waals surface area contributed by atoms with Crippen molar-refractivity contribution >= 4 is 22.9 Å². The first kappa shape index (κ1) is 12.0. The van der Waals surface area contributed by atoms with Crippen molar-refractivity contribution in [2.75, 3.05) is 0 Å². The molecule has 8 heteroatoms. The maximum absolute atomic E-state index is 13.2. The molecular formula is C9H7ClFN3O2S. The van der Waals surface area contributed by atoms with E-state index in [1.54, 1.807) is 11.6 Å². The first-order valence-electron chi connectivity index (χ1n) is 4.66. The van der Waals surface area contributed by atoms with Crippen LogP contribution in [0.25, 0.3) is 0 Å². The highest BCUT2D eigenvalue weighted by atomic mass is 35.5. The van der Waals surface area contributed by atoms with E-state index < -0.39 is 22.2 Å². The molecule has 17 heavy (non-hydrogen) atoms. The third kappa shape index (κ3) is 2.45. The Morgan fingerprint density at radius 2 is 2.29 bits per heavy atom. The fraction of sp³-hybridized carbons (Fsp3) is 0.222. The van der Waals surface area contributed by atoms with Crippen molar-refractivity contribution in [3.05, 3.63) is 48.4 Å². The van der Waals surface area contributed by atoms with Crippen LogP contribution in [0, 0.1) is 5.82 Å². The molecule has 0 aliphatic rings. The molecule has 0 bridgehead atoms. The maximum atomic E-state index is 13.2. The summed E-state index contributed by atoms with van der Waals surface area (Å²) >= 11 is 6.74. The number of thiazole rings is 1. The lowest BCUT2D eigenvalue weighted by Gasteiger charge is -2.03. The molecule has 0 aliphatic heterocycles. The minimum atomic E-state index is -1.15. The molecule has 0 spiro atoms. The topological polar surface area (TPSA) is 67.8 Å². The van der Waals surface area contributed by atoms with Crippen molar-refractivity contribution in [2.45, 2.75) is 13.0 Å². The van der Waals surface area contributed by atoms with E-state index in [9.17, 15) is 14.0 Å². The highest BCUT2D eigenvalue weighted by molar-refractivity contribution is 7.09. The van der Waals surface area contributed by atoms with Crippen molar-refractivity contribution in [1.82, 2.24) is 14.5 Å². The molecule has 0 radical (unpaired) electrons. The Labute approximate surface area is 104 Å². The Kier molecular flexibility index (Phi) is 3.39. The van der Waals surface area contributed by atoms with Gasteiger partial charge in [0.1, 0.15) is 0 Å². The van der Waals surface area contributed by atoms with Crippen molar-refractivity contribution in [3.63, 3.8) is 0 Å². The van der Waals surface area contributed by atoms with Crippen LogP contribution in [0.4, 0.5) is 4.39 Å². The lowest BCUT2D eigenvalue weighted by molar-refractivity contribution is 0.538. The third-order valence-electron chi connectivity index (χ3n) is 2.12. The van der Waals surface area contributed by atoms with E-state index in [0.29, 0.717) is 6.42 Å². The molecule has 2 aromatic heterocycles. The van der Waals surface area contributed by atoms with Gasteiger partial charge in [-0.1, -0.05) is 11.6 Å². The average molecular weight is 276 g/mol. The SMILES string of the molecule is O=c1[nH]c(Cl)c(F)c(=O)n1CCc1nccs1. The van der Waals surface area contributed by atoms with Crippen LogP contribution in [0.1, 0.15) is 5.01 Å². The van der Waals surface area contributed by atoms with E-state index in [-0.39, 0.29) is 6.54 Å². The Bertz CT molecular complexity index is 635. The van der Waals surface area contributed by atoms with Gasteiger partial charge in [-0.25, -0.2) is 9.78 Å². The molecule has 2 aromatic rings. The molecule has 0 atom stereocenters. The zero-order valence-corrected chi connectivity index (χ0v) is 10.0. The molecule has 0 aromatic carbocycles. The van der Waals surface area contributed by atoms with E-state index in [2.05, 4.69) is 9.97 Å². The summed E-state index contributed by atoms with van der Waals surface area (Å²) in [4.78, 5) is 28.9. The summed E-state index contributed by atoms with van der Waals surface area (Å²) < 4.78 is 14.0. The lowest BCUT2D eigenvalue weighted by Crippen LogP contribution is -2.37. The van der Waals surface area contributed by atoms with Crippen LogP contribution in [0.3, 0.4) is 0 Å². The molecule has 0 fully saturated rings. The Hall–Kier alpha value is -1.47. The molecule has 0 saturated heterocycles. The number of H-pyrrole nitrogens is 1. The van der Waals surface area contributed by atoms with E-state index in [1.165, 1.54) is 11.3 Å². The summed E-state index contributed by atoms with van der Waals surface area (Å²) in [7, 11) is 0. The van der Waals surface area contributed by atoms with E-state index in [1.807, 2.05) is 0 Å². The maximum Gasteiger partial charge on any atom is 0.329 e. The monoisotopic (exact) mass is 275 g/mol. The molecule has 2 heterocycles. The summed E-state index contributed by atoms with van der Waals surface area (Å²) in [5.74, 6) is -1.15. The van der Waals surface area contributed by atoms with Crippen LogP contribution in [0.15, 0.2) is 21.2 Å². The normalized spacial score (nSPS) is 10.7. The number of hydrogen-bond acceptors (Lipinski definition) is 4. The Morgan fingerprint density at radius 1 is 1.53 bits per heavy atom. The molecule has 2 rings (SSSR count). The van der Waals surface area contributed by atoms with Gasteiger partial charge in [0.05, 0.1) is 5.01 Å². The molecule has 90 valence electrons. The molecule has 5 nitrogen and oxygen atoms in total. The molecular weight excluding hydrogens is 269 g/mol. The third-order valence-corrected chi connectivity index (χ3v) is 3.22. The quantitative estimate of drug-likeness (QED) is 0.851. The van der Waals surface area contributed by atoms with Gasteiger partial charge in [0, 0.05) is 24.5 Å². The van der Waals surface area contributed by atoms with Gasteiger partial charge in [-0.3, -0.25) is 14.3 Å². The number of nitrogens with one attached hydrogen (secondary N) is 1. The number of halogens is 2. The number of nitrogens with zero attached hydrogens (tertiary/aromatic N) is 2. The predicted molar refractivity (Wildman–Crippen MR) is 62.1 cm³/mol. The zero-order chi connectivity index (χ0) is 12.4. The number of aromatic amines is 1. The zero-order valence-electron chi connectivity index (χ0n) is 8.44. The van der Waals surface area contributed by atoms with Gasteiger partial charge >= 0.3 is 5.69 Å². The van der Waals surface area contributed by atoms with Crippen molar-refractivity contribution in [3.8, 4) is 0 Å². The van der Waals surface area contributed by atoms with E-state index in [4.69, 9.17) is 11.6 Å². The first-order valence-corrected chi connectivity index (χ1v) is 5.92. The second-order valence-corrected chi connectivity index (χ2v) is 4.55. The summed E-state index contributed by atoms with van der Waals surface area (Å²) in [6.45, 7) is 0.0652. The number of aryl methyl sites for hydroxylation is 1. The average Bonchev–Trinajstić information content (AvgIpc) is 2.79. The summed E-state index contributed by atoms with van der Waals surface area (Å²) in [5, 5.41) is 1.99. The fourth-order valence-electron chi connectivity index (χ4n) is 1.31. The smallest absolute Gasteiger partial charge is 0.295 e. The van der Waals surface area contributed by atoms with Crippen LogP contribution in [-0.2, 0) is 13.0 Å². The van der Waals surface area contributed by atoms with Gasteiger partial charge < -0.3 is 0 Å². The van der Waals surface area contributed by atoms with Crippen molar-refractivity contribution in [1.29, 1.82) is 0 Å². The van der Waals surface area contributed by atoms with Gasteiger partial charge in [-0.2, -0.15) is 4.39 Å². The van der Waals surface area contributed by atoms with E-state index >= 15 is 0 Å². The van der Waals surface area contributed by atoms with Crippen LogP contribution in [0.5, 0.6) is 0 Å². The van der Waals surface area contributed by atoms with Crippen molar-refractivity contribution in [2.24, 2.45) is 0 Å². The molecule has 0 amide bonds. The van der Waals surface area contributed by atoms with E-state index in [0.717, 1.165) is 9.57 Å². The summed E-state index contributed by atoms with van der Waals surface area (Å²) in [6, 6.07) is 0. The van der Waals surface area contributed by atoms with Crippen LogP contribution in [-0.4, -0.2) is 14.5 Å². The van der Waals surface area contributed by atoms with Gasteiger partial charge in [-0.05, 0) is 0 Å². The summed E-state index contributed by atoms with van der Waals surface area (Å²) in [5.41, 5.74) is -1.74. The fourth-order valence-corrected chi connectivity index (χ4v) is 2.08. The van der Waals surface area contributed by atoms with Gasteiger partial charge in [0.15, 0.2) is 5.15 Å².